The van der Waals surface area contributed by atoms with Gasteiger partial charge in [0.05, 0.1) is 39.2 Å². The van der Waals surface area contributed by atoms with Gasteiger partial charge >= 0.3 is 0 Å². The molecule has 164 valence electrons. The number of hydrogen-bond acceptors (Lipinski definition) is 8. The molecule has 1 fully saturated rings. The van der Waals surface area contributed by atoms with E-state index in [2.05, 4.69) is 9.89 Å². The van der Waals surface area contributed by atoms with Gasteiger partial charge in [-0.05, 0) is 17.5 Å². The Morgan fingerprint density at radius 1 is 1.23 bits per heavy atom. The number of Topliss-reactive ketones (excluding diaryl/α,β-unsaturated/α-hetero) is 1. The first-order chi connectivity index (χ1) is 15.0. The van der Waals surface area contributed by atoms with Crippen LogP contribution >= 0.6 is 11.8 Å². The molecular weight excluding hydrogens is 418 g/mol. The van der Waals surface area contributed by atoms with Crippen LogP contribution in [-0.4, -0.2) is 72.7 Å². The highest BCUT2D eigenvalue weighted by molar-refractivity contribution is 8.16. The average molecular weight is 444 g/mol. The predicted molar refractivity (Wildman–Crippen MR) is 117 cm³/mol. The number of amidine groups is 1. The summed E-state index contributed by atoms with van der Waals surface area (Å²) in [7, 11) is 3.10. The van der Waals surface area contributed by atoms with Crippen molar-refractivity contribution < 1.29 is 23.8 Å². The zero-order valence-electron chi connectivity index (χ0n) is 17.7. The van der Waals surface area contributed by atoms with Crippen LogP contribution in [0.1, 0.15) is 36.0 Å². The Hall–Kier alpha value is -2.68. The minimum absolute atomic E-state index is 0.0379. The third-order valence-corrected chi connectivity index (χ3v) is 7.36. The average Bonchev–Trinajstić information content (AvgIpc) is 3.38. The number of likely N-dealkylation sites (tertiary alicyclic amines) is 1. The number of thioether (sulfide) groups is 1. The van der Waals surface area contributed by atoms with E-state index in [9.17, 15) is 9.59 Å². The van der Waals surface area contributed by atoms with Gasteiger partial charge in [-0.15, -0.1) is 0 Å². The summed E-state index contributed by atoms with van der Waals surface area (Å²) in [5, 5.41) is 3.03. The van der Waals surface area contributed by atoms with Gasteiger partial charge in [-0.1, -0.05) is 11.8 Å². The fraction of sp³-hybridized carbons (Fsp3) is 0.500. The van der Waals surface area contributed by atoms with Crippen molar-refractivity contribution in [3.05, 3.63) is 28.8 Å². The SMILES string of the molecule is COc1ccc2c(c1OC)OC1(CCN(C(=O)CC3=CSC4=NCCN34)CC1)CC2=O. The van der Waals surface area contributed by atoms with Gasteiger partial charge in [0.2, 0.25) is 11.7 Å². The molecule has 0 N–H and O–H groups in total. The Balaban J connectivity index is 1.27. The molecule has 0 aliphatic carbocycles. The van der Waals surface area contributed by atoms with Crippen LogP contribution in [0.5, 0.6) is 17.2 Å². The molecule has 0 bridgehead atoms. The lowest BCUT2D eigenvalue weighted by molar-refractivity contribution is -0.134. The second-order valence-corrected chi connectivity index (χ2v) is 9.00. The zero-order valence-corrected chi connectivity index (χ0v) is 18.5. The van der Waals surface area contributed by atoms with Crippen LogP contribution in [-0.2, 0) is 4.79 Å². The largest absolute Gasteiger partial charge is 0.493 e. The van der Waals surface area contributed by atoms with E-state index in [-0.39, 0.29) is 11.7 Å². The summed E-state index contributed by atoms with van der Waals surface area (Å²) in [5.74, 6) is 1.57. The number of aliphatic imine (C=N–C) groups is 1. The van der Waals surface area contributed by atoms with E-state index in [0.717, 1.165) is 24.0 Å². The van der Waals surface area contributed by atoms with Crippen LogP contribution in [0.4, 0.5) is 0 Å². The van der Waals surface area contributed by atoms with E-state index >= 15 is 0 Å². The highest BCUT2D eigenvalue weighted by Crippen LogP contribution is 2.48. The summed E-state index contributed by atoms with van der Waals surface area (Å²) in [4.78, 5) is 34.3. The predicted octanol–water partition coefficient (Wildman–Crippen LogP) is 2.68. The molecule has 0 saturated carbocycles. The van der Waals surface area contributed by atoms with Crippen LogP contribution in [0.3, 0.4) is 0 Å². The van der Waals surface area contributed by atoms with Crippen LogP contribution in [0.25, 0.3) is 0 Å². The molecule has 4 aliphatic heterocycles. The fourth-order valence-corrected chi connectivity index (χ4v) is 5.64. The molecule has 4 aliphatic rings. The number of methoxy groups -OCH3 is 2. The van der Waals surface area contributed by atoms with E-state index in [1.807, 2.05) is 10.3 Å². The van der Waals surface area contributed by atoms with Gasteiger partial charge in [-0.25, -0.2) is 0 Å². The Bertz CT molecular complexity index is 997. The number of hydrogen-bond donors (Lipinski definition) is 0. The molecule has 1 aromatic carbocycles. The molecule has 1 amide bonds. The summed E-state index contributed by atoms with van der Waals surface area (Å²) in [6.07, 6.45) is 1.91. The van der Waals surface area contributed by atoms with Crippen molar-refractivity contribution in [2.45, 2.75) is 31.3 Å². The van der Waals surface area contributed by atoms with Gasteiger partial charge in [-0.3, -0.25) is 14.6 Å². The van der Waals surface area contributed by atoms with Crippen molar-refractivity contribution >= 4 is 28.6 Å². The van der Waals surface area contributed by atoms with Gasteiger partial charge in [0.1, 0.15) is 5.60 Å². The molecular formula is C22H25N3O5S. The maximum absolute atomic E-state index is 12.9. The number of carbonyl (C=O) groups is 2. The Labute approximate surface area is 185 Å². The minimum atomic E-state index is -0.613. The number of fused-ring (bicyclic) bond motifs is 2. The number of amides is 1. The standard InChI is InChI=1S/C22H25N3O5S/c1-28-17-4-3-15-16(26)12-22(30-19(15)20(17)29-2)5-8-24(9-6-22)18(27)11-14-13-31-21-23-7-10-25(14)21/h3-4,13H,5-12H2,1-2H3. The highest BCUT2D eigenvalue weighted by Gasteiger charge is 2.45. The monoisotopic (exact) mass is 443 g/mol. The third-order valence-electron chi connectivity index (χ3n) is 6.41. The molecule has 31 heavy (non-hydrogen) atoms. The normalized spacial score (nSPS) is 21.3. The Kier molecular flexibility index (Phi) is 5.08. The van der Waals surface area contributed by atoms with Crippen molar-refractivity contribution in [2.24, 2.45) is 4.99 Å². The van der Waals surface area contributed by atoms with Crippen molar-refractivity contribution in [2.75, 3.05) is 40.4 Å². The van der Waals surface area contributed by atoms with Crippen molar-refractivity contribution in [3.63, 3.8) is 0 Å². The van der Waals surface area contributed by atoms with Gasteiger partial charge in [0.25, 0.3) is 0 Å². The summed E-state index contributed by atoms with van der Waals surface area (Å²) in [6.45, 7) is 2.77. The smallest absolute Gasteiger partial charge is 0.228 e. The number of piperidine rings is 1. The molecule has 0 unspecified atom stereocenters. The number of nitrogens with zero attached hydrogens (tertiary/aromatic N) is 3. The molecule has 0 radical (unpaired) electrons. The maximum atomic E-state index is 12.9. The first kappa shape index (κ1) is 20.2. The molecule has 4 heterocycles. The molecule has 0 aromatic heterocycles. The van der Waals surface area contributed by atoms with Crippen molar-refractivity contribution in [3.8, 4) is 17.2 Å². The lowest BCUT2D eigenvalue weighted by Crippen LogP contribution is -2.52. The van der Waals surface area contributed by atoms with Gasteiger partial charge in [0, 0.05) is 38.2 Å². The van der Waals surface area contributed by atoms with Crippen LogP contribution in [0.2, 0.25) is 0 Å². The summed E-state index contributed by atoms with van der Waals surface area (Å²) >= 11 is 1.59. The fourth-order valence-electron chi connectivity index (χ4n) is 4.68. The lowest BCUT2D eigenvalue weighted by atomic mass is 9.82. The number of carbonyl (C=O) groups excluding carboxylic acids is 2. The van der Waals surface area contributed by atoms with Gasteiger partial charge < -0.3 is 24.0 Å². The number of ketones is 1. The summed E-state index contributed by atoms with van der Waals surface area (Å²) < 4.78 is 17.3. The summed E-state index contributed by atoms with van der Waals surface area (Å²) in [5.41, 5.74) is 0.939. The van der Waals surface area contributed by atoms with E-state index in [1.165, 1.54) is 0 Å². The van der Waals surface area contributed by atoms with Crippen LogP contribution < -0.4 is 14.2 Å². The van der Waals surface area contributed by atoms with E-state index in [0.29, 0.717) is 61.6 Å². The van der Waals surface area contributed by atoms with E-state index < -0.39 is 5.60 Å². The molecule has 8 nitrogen and oxygen atoms in total. The number of benzene rings is 1. The Morgan fingerprint density at radius 3 is 2.77 bits per heavy atom. The first-order valence-electron chi connectivity index (χ1n) is 10.5. The lowest BCUT2D eigenvalue weighted by Gasteiger charge is -2.44. The molecule has 0 atom stereocenters. The van der Waals surface area contributed by atoms with Crippen LogP contribution in [0.15, 0.2) is 28.2 Å². The molecule has 1 spiro atoms. The first-order valence-corrected chi connectivity index (χ1v) is 11.3. The van der Waals surface area contributed by atoms with Crippen molar-refractivity contribution in [1.82, 2.24) is 9.80 Å². The quantitative estimate of drug-likeness (QED) is 0.708. The highest BCUT2D eigenvalue weighted by atomic mass is 32.2. The molecule has 1 aromatic rings. The maximum Gasteiger partial charge on any atom is 0.228 e. The molecule has 5 rings (SSSR count). The second-order valence-electron chi connectivity index (χ2n) is 8.16. The third kappa shape index (κ3) is 3.44. The van der Waals surface area contributed by atoms with Gasteiger partial charge in [-0.2, -0.15) is 0 Å². The second kappa shape index (κ2) is 7.78. The van der Waals surface area contributed by atoms with Crippen molar-refractivity contribution in [1.29, 1.82) is 0 Å². The van der Waals surface area contributed by atoms with E-state index in [1.54, 1.807) is 38.1 Å². The topological polar surface area (TPSA) is 80.7 Å². The minimum Gasteiger partial charge on any atom is -0.493 e. The van der Waals surface area contributed by atoms with Crippen LogP contribution in [0, 0.1) is 0 Å². The Morgan fingerprint density at radius 2 is 2.03 bits per heavy atom. The number of ether oxygens (including phenoxy) is 3. The zero-order chi connectivity index (χ0) is 21.6. The molecule has 1 saturated heterocycles. The summed E-state index contributed by atoms with van der Waals surface area (Å²) in [6, 6.07) is 3.46. The number of rotatable bonds is 4. The van der Waals surface area contributed by atoms with E-state index in [4.69, 9.17) is 14.2 Å². The van der Waals surface area contributed by atoms with Gasteiger partial charge in [0.15, 0.2) is 22.4 Å². The molecule has 9 heteroatoms.